The highest BCUT2D eigenvalue weighted by Crippen LogP contribution is 2.39. The molecule has 0 radical (unpaired) electrons. The second-order valence-electron chi connectivity index (χ2n) is 3.88. The molecule has 0 aliphatic carbocycles. The van der Waals surface area contributed by atoms with E-state index in [0.717, 1.165) is 0 Å². The van der Waals surface area contributed by atoms with E-state index in [1.165, 1.54) is 0 Å². The van der Waals surface area contributed by atoms with Gasteiger partial charge in [-0.15, -0.1) is 0 Å². The monoisotopic (exact) mass is 231 g/mol. The number of sulfonamides is 1. The van der Waals surface area contributed by atoms with Crippen LogP contribution in [0.4, 0.5) is 13.2 Å². The van der Waals surface area contributed by atoms with E-state index in [9.17, 15) is 21.6 Å². The smallest absolute Gasteiger partial charge is 0.203 e. The van der Waals surface area contributed by atoms with E-state index in [0.29, 0.717) is 10.7 Å². The summed E-state index contributed by atoms with van der Waals surface area (Å²) in [5.74, 6) is 0. The molecule has 0 unspecified atom stereocenters. The number of alkyl halides is 3. The lowest BCUT2D eigenvalue weighted by molar-refractivity contribution is -0.0562. The van der Waals surface area contributed by atoms with Crippen molar-refractivity contribution >= 4 is 10.0 Å². The maximum Gasteiger partial charge on any atom is 0.511 e. The lowest BCUT2D eigenvalue weighted by Gasteiger charge is -2.46. The Morgan fingerprint density at radius 2 is 1.79 bits per heavy atom. The van der Waals surface area contributed by atoms with Crippen molar-refractivity contribution in [2.45, 2.75) is 25.8 Å². The molecule has 0 aromatic rings. The van der Waals surface area contributed by atoms with Gasteiger partial charge >= 0.3 is 15.5 Å². The Bertz CT molecular complexity index is 316. The SMILES string of the molecule is CCC1(C)CN(S(=O)(=O)C(F)(F)F)C1. The van der Waals surface area contributed by atoms with Crippen LogP contribution in [0.1, 0.15) is 20.3 Å². The van der Waals surface area contributed by atoms with Gasteiger partial charge in [0.2, 0.25) is 0 Å². The van der Waals surface area contributed by atoms with Gasteiger partial charge in [-0.05, 0) is 11.8 Å². The van der Waals surface area contributed by atoms with Gasteiger partial charge in [-0.3, -0.25) is 0 Å². The van der Waals surface area contributed by atoms with Crippen LogP contribution < -0.4 is 0 Å². The standard InChI is InChI=1S/C7H12F3NO2S/c1-3-6(2)4-11(5-6)14(12,13)7(8,9)10/h3-5H2,1-2H3. The van der Waals surface area contributed by atoms with Crippen LogP contribution in [0.5, 0.6) is 0 Å². The summed E-state index contributed by atoms with van der Waals surface area (Å²) in [6, 6.07) is 0. The van der Waals surface area contributed by atoms with Crippen molar-refractivity contribution in [2.24, 2.45) is 5.41 Å². The molecular weight excluding hydrogens is 219 g/mol. The van der Waals surface area contributed by atoms with E-state index in [1.54, 1.807) is 6.92 Å². The number of nitrogens with zero attached hydrogens (tertiary/aromatic N) is 1. The molecule has 0 N–H and O–H groups in total. The Labute approximate surface area is 80.9 Å². The summed E-state index contributed by atoms with van der Waals surface area (Å²) >= 11 is 0. The Morgan fingerprint density at radius 3 is 2.07 bits per heavy atom. The molecule has 3 nitrogen and oxygen atoms in total. The normalized spacial score (nSPS) is 23.2. The third-order valence-electron chi connectivity index (χ3n) is 2.60. The van der Waals surface area contributed by atoms with Crippen LogP contribution in [0, 0.1) is 5.41 Å². The van der Waals surface area contributed by atoms with Crippen LogP contribution in [0.2, 0.25) is 0 Å². The Balaban J connectivity index is 2.74. The molecule has 0 bridgehead atoms. The second-order valence-corrected chi connectivity index (χ2v) is 5.81. The first-order valence-corrected chi connectivity index (χ1v) is 5.63. The molecule has 0 saturated carbocycles. The van der Waals surface area contributed by atoms with E-state index in [1.807, 2.05) is 6.92 Å². The van der Waals surface area contributed by atoms with Crippen molar-refractivity contribution in [1.82, 2.24) is 4.31 Å². The average Bonchev–Trinajstić information content (AvgIpc) is 1.96. The van der Waals surface area contributed by atoms with Crippen LogP contribution in [0.15, 0.2) is 0 Å². The highest BCUT2D eigenvalue weighted by molar-refractivity contribution is 7.90. The zero-order valence-corrected chi connectivity index (χ0v) is 8.74. The molecule has 0 amide bonds. The van der Waals surface area contributed by atoms with Crippen molar-refractivity contribution in [3.8, 4) is 0 Å². The van der Waals surface area contributed by atoms with E-state index >= 15 is 0 Å². The minimum absolute atomic E-state index is 0.0364. The van der Waals surface area contributed by atoms with Crippen molar-refractivity contribution in [3.63, 3.8) is 0 Å². The highest BCUT2D eigenvalue weighted by atomic mass is 32.2. The quantitative estimate of drug-likeness (QED) is 0.723. The Kier molecular flexibility index (Phi) is 2.60. The van der Waals surface area contributed by atoms with Gasteiger partial charge < -0.3 is 0 Å². The van der Waals surface area contributed by atoms with Gasteiger partial charge in [0.1, 0.15) is 0 Å². The first-order valence-electron chi connectivity index (χ1n) is 4.19. The summed E-state index contributed by atoms with van der Waals surface area (Å²) in [5.41, 5.74) is -5.46. The fraction of sp³-hybridized carbons (Fsp3) is 1.00. The molecular formula is C7H12F3NO2S. The minimum Gasteiger partial charge on any atom is -0.203 e. The van der Waals surface area contributed by atoms with Gasteiger partial charge in [-0.1, -0.05) is 13.8 Å². The third kappa shape index (κ3) is 1.75. The van der Waals surface area contributed by atoms with Crippen molar-refractivity contribution in [1.29, 1.82) is 0 Å². The zero-order chi connectivity index (χ0) is 11.2. The Hall–Kier alpha value is -0.300. The van der Waals surface area contributed by atoms with E-state index in [4.69, 9.17) is 0 Å². The summed E-state index contributed by atoms with van der Waals surface area (Å²) in [4.78, 5) is 0. The zero-order valence-electron chi connectivity index (χ0n) is 7.93. The van der Waals surface area contributed by atoms with Gasteiger partial charge in [0.25, 0.3) is 0 Å². The van der Waals surface area contributed by atoms with Gasteiger partial charge in [-0.2, -0.15) is 17.5 Å². The van der Waals surface area contributed by atoms with Crippen molar-refractivity contribution < 1.29 is 21.6 Å². The predicted molar refractivity (Wildman–Crippen MR) is 44.9 cm³/mol. The summed E-state index contributed by atoms with van der Waals surface area (Å²) in [6.45, 7) is 3.53. The maximum absolute atomic E-state index is 12.0. The number of hydrogen-bond donors (Lipinski definition) is 0. The van der Waals surface area contributed by atoms with Crippen LogP contribution in [-0.2, 0) is 10.0 Å². The molecule has 84 valence electrons. The lowest BCUT2D eigenvalue weighted by atomic mass is 9.82. The summed E-state index contributed by atoms with van der Waals surface area (Å²) in [5, 5.41) is 0. The first-order chi connectivity index (χ1) is 6.12. The largest absolute Gasteiger partial charge is 0.511 e. The minimum atomic E-state index is -5.16. The van der Waals surface area contributed by atoms with Gasteiger partial charge in [0, 0.05) is 13.1 Å². The van der Waals surface area contributed by atoms with Crippen LogP contribution in [-0.4, -0.2) is 31.3 Å². The number of rotatable bonds is 2. The summed E-state index contributed by atoms with van der Waals surface area (Å²) in [6.07, 6.45) is 0.677. The highest BCUT2D eigenvalue weighted by Gasteiger charge is 2.55. The van der Waals surface area contributed by atoms with Crippen molar-refractivity contribution in [2.75, 3.05) is 13.1 Å². The lowest BCUT2D eigenvalue weighted by Crippen LogP contribution is -2.59. The second kappa shape index (κ2) is 3.10. The third-order valence-corrected chi connectivity index (χ3v) is 4.13. The van der Waals surface area contributed by atoms with Crippen molar-refractivity contribution in [3.05, 3.63) is 0 Å². The fourth-order valence-corrected chi connectivity index (χ4v) is 2.60. The molecule has 1 fully saturated rings. The molecule has 1 saturated heterocycles. The molecule has 0 spiro atoms. The molecule has 1 rings (SSSR count). The Morgan fingerprint density at radius 1 is 1.36 bits per heavy atom. The molecule has 1 aliphatic heterocycles. The van der Waals surface area contributed by atoms with E-state index < -0.39 is 15.5 Å². The molecule has 0 aromatic carbocycles. The summed E-state index contributed by atoms with van der Waals surface area (Å²) in [7, 11) is -5.09. The molecule has 1 heterocycles. The molecule has 0 atom stereocenters. The topological polar surface area (TPSA) is 37.4 Å². The van der Waals surface area contributed by atoms with Crippen LogP contribution >= 0.6 is 0 Å². The molecule has 14 heavy (non-hydrogen) atoms. The number of halogens is 3. The van der Waals surface area contributed by atoms with E-state index in [2.05, 4.69) is 0 Å². The maximum atomic E-state index is 12.0. The fourth-order valence-electron chi connectivity index (χ4n) is 1.35. The van der Waals surface area contributed by atoms with E-state index in [-0.39, 0.29) is 18.5 Å². The van der Waals surface area contributed by atoms with Crippen LogP contribution in [0.3, 0.4) is 0 Å². The number of hydrogen-bond acceptors (Lipinski definition) is 2. The summed E-state index contributed by atoms with van der Waals surface area (Å²) < 4.78 is 58.3. The molecule has 7 heteroatoms. The molecule has 0 aromatic heterocycles. The first kappa shape index (κ1) is 11.8. The molecule has 1 aliphatic rings. The average molecular weight is 231 g/mol. The predicted octanol–water partition coefficient (Wildman–Crippen LogP) is 1.57. The van der Waals surface area contributed by atoms with Gasteiger partial charge in [0.15, 0.2) is 0 Å². The van der Waals surface area contributed by atoms with Crippen LogP contribution in [0.25, 0.3) is 0 Å². The van der Waals surface area contributed by atoms with Gasteiger partial charge in [-0.25, -0.2) is 8.42 Å². The van der Waals surface area contributed by atoms with Gasteiger partial charge in [0.05, 0.1) is 0 Å².